The van der Waals surface area contributed by atoms with Crippen LogP contribution in [0.2, 0.25) is 0 Å². The van der Waals surface area contributed by atoms with Crippen LogP contribution in [0.1, 0.15) is 37.3 Å². The Kier molecular flexibility index (Phi) is 6.87. The second-order valence-corrected chi connectivity index (χ2v) is 6.32. The monoisotopic (exact) mass is 402 g/mol. The maximum atomic E-state index is 12.8. The number of carbonyl (C=O) groups excluding carboxylic acids is 2. The van der Waals surface area contributed by atoms with Crippen molar-refractivity contribution in [3.63, 3.8) is 0 Å². The fourth-order valence-corrected chi connectivity index (χ4v) is 2.87. The van der Waals surface area contributed by atoms with Gasteiger partial charge in [-0.25, -0.2) is 4.79 Å². The molecule has 0 aromatic heterocycles. The number of nitrogens with zero attached hydrogens (tertiary/aromatic N) is 1. The third-order valence-corrected chi connectivity index (χ3v) is 4.27. The van der Waals surface area contributed by atoms with Gasteiger partial charge in [0.2, 0.25) is 5.91 Å². The number of halogens is 3. The number of urea groups is 1. The van der Waals surface area contributed by atoms with E-state index in [1.165, 1.54) is 6.07 Å². The fraction of sp³-hybridized carbons (Fsp3) is 0.500. The Morgan fingerprint density at radius 2 is 2.07 bits per heavy atom. The first-order chi connectivity index (χ1) is 13.2. The molecule has 1 heterocycles. The van der Waals surface area contributed by atoms with Gasteiger partial charge in [0.1, 0.15) is 11.3 Å². The highest BCUT2D eigenvalue weighted by molar-refractivity contribution is 6.05. The zero-order valence-corrected chi connectivity index (χ0v) is 15.4. The molecule has 4 N–H and O–H groups in total. The molecule has 0 radical (unpaired) electrons. The Labute approximate surface area is 160 Å². The number of ether oxygens (including phenoxy) is 1. The number of benzene rings is 1. The molecule has 28 heavy (non-hydrogen) atoms. The second kappa shape index (κ2) is 8.94. The summed E-state index contributed by atoms with van der Waals surface area (Å²) in [6, 6.07) is 1.94. The number of carbonyl (C=O) groups is 2. The van der Waals surface area contributed by atoms with Crippen LogP contribution in [0.15, 0.2) is 12.1 Å². The number of nitrogens with one attached hydrogen (secondary N) is 2. The summed E-state index contributed by atoms with van der Waals surface area (Å²) in [5, 5.41) is 17.9. The van der Waals surface area contributed by atoms with Crippen LogP contribution >= 0.6 is 0 Å². The molecular weight excluding hydrogens is 379 g/mol. The largest absolute Gasteiger partial charge is 0.593 e. The molecule has 0 spiro atoms. The average Bonchev–Trinajstić information content (AvgIpc) is 2.62. The van der Waals surface area contributed by atoms with Gasteiger partial charge in [0, 0.05) is 19.5 Å². The number of imide groups is 1. The quantitative estimate of drug-likeness (QED) is 0.397. The molecule has 1 aliphatic rings. The van der Waals surface area contributed by atoms with E-state index >= 15 is 0 Å². The zero-order chi connectivity index (χ0) is 20.9. The first-order valence-corrected chi connectivity index (χ1v) is 8.91. The Bertz CT molecular complexity index is 749. The Morgan fingerprint density at radius 3 is 2.68 bits per heavy atom. The standard InChI is InChI=1S/C18H22F3N3O4/c1-2-4-11-13(6-5-12(15(11)26)16(22)18(19,20)21)28-10-3-9-24-14(25)7-8-23-17(24)27/h5-6,22,26H,2-4,7-10H2,1H3,(H,23,27)/p+1. The summed E-state index contributed by atoms with van der Waals surface area (Å²) in [6.07, 6.45) is -3.32. The van der Waals surface area contributed by atoms with Crippen molar-refractivity contribution in [2.45, 2.75) is 38.8 Å². The molecule has 7 nitrogen and oxygen atoms in total. The summed E-state index contributed by atoms with van der Waals surface area (Å²) in [7, 11) is 0. The molecule has 2 rings (SSSR count). The molecule has 3 amide bonds. The van der Waals surface area contributed by atoms with Crippen molar-refractivity contribution in [2.24, 2.45) is 0 Å². The number of amides is 3. The summed E-state index contributed by atoms with van der Waals surface area (Å²) in [4.78, 5) is 24.5. The van der Waals surface area contributed by atoms with Gasteiger partial charge in [-0.2, -0.15) is 13.2 Å². The molecule has 154 valence electrons. The first kappa shape index (κ1) is 21.5. The van der Waals surface area contributed by atoms with E-state index < -0.39 is 23.5 Å². The van der Waals surface area contributed by atoms with E-state index in [0.717, 1.165) is 11.0 Å². The van der Waals surface area contributed by atoms with Crippen LogP contribution in [0.4, 0.5) is 18.0 Å². The molecule has 1 saturated heterocycles. The van der Waals surface area contributed by atoms with Gasteiger partial charge in [-0.05, 0) is 25.0 Å². The van der Waals surface area contributed by atoms with Crippen LogP contribution < -0.4 is 10.1 Å². The van der Waals surface area contributed by atoms with Gasteiger partial charge in [-0.15, -0.1) is 0 Å². The lowest BCUT2D eigenvalue weighted by molar-refractivity contribution is -0.129. The maximum Gasteiger partial charge on any atom is 0.433 e. The van der Waals surface area contributed by atoms with Crippen molar-refractivity contribution in [3.05, 3.63) is 23.3 Å². The molecule has 1 aliphatic heterocycles. The van der Waals surface area contributed by atoms with Gasteiger partial charge in [-0.3, -0.25) is 15.1 Å². The minimum atomic E-state index is -4.83. The summed E-state index contributed by atoms with van der Waals surface area (Å²) >= 11 is 0. The third kappa shape index (κ3) is 4.93. The van der Waals surface area contributed by atoms with Gasteiger partial charge in [0.05, 0.1) is 12.2 Å². The van der Waals surface area contributed by atoms with E-state index in [4.69, 9.17) is 15.3 Å². The summed E-state index contributed by atoms with van der Waals surface area (Å²) in [5.41, 5.74) is -1.74. The Morgan fingerprint density at radius 1 is 1.36 bits per heavy atom. The van der Waals surface area contributed by atoms with Crippen molar-refractivity contribution < 1.29 is 32.6 Å². The highest BCUT2D eigenvalue weighted by Gasteiger charge is 2.38. The summed E-state index contributed by atoms with van der Waals surface area (Å²) in [6.45, 7) is 2.43. The SMILES string of the molecule is CCCc1c(OCCCN2C(=O)CCNC2=O)ccc(C(=N)C(F)(F)F)c1[OH2+]. The molecule has 1 aromatic rings. The molecule has 0 aliphatic carbocycles. The van der Waals surface area contributed by atoms with E-state index in [0.29, 0.717) is 31.4 Å². The average molecular weight is 402 g/mol. The normalized spacial score (nSPS) is 14.8. The van der Waals surface area contributed by atoms with Crippen LogP contribution in [0.3, 0.4) is 0 Å². The zero-order valence-electron chi connectivity index (χ0n) is 15.4. The summed E-state index contributed by atoms with van der Waals surface area (Å²) in [5.74, 6) is -0.355. The topological polar surface area (TPSA) is 105 Å². The highest BCUT2D eigenvalue weighted by Crippen LogP contribution is 2.35. The van der Waals surface area contributed by atoms with Crippen molar-refractivity contribution in [1.82, 2.24) is 10.2 Å². The second-order valence-electron chi connectivity index (χ2n) is 6.32. The third-order valence-electron chi connectivity index (χ3n) is 4.27. The molecule has 0 saturated carbocycles. The van der Waals surface area contributed by atoms with Crippen molar-refractivity contribution in [2.75, 3.05) is 19.7 Å². The minimum absolute atomic E-state index is 0.128. The summed E-state index contributed by atoms with van der Waals surface area (Å²) < 4.78 is 44.1. The molecule has 0 bridgehead atoms. The van der Waals surface area contributed by atoms with E-state index in [1.807, 2.05) is 6.92 Å². The predicted molar refractivity (Wildman–Crippen MR) is 96.2 cm³/mol. The van der Waals surface area contributed by atoms with Crippen LogP contribution in [0.25, 0.3) is 0 Å². The molecule has 0 atom stereocenters. The van der Waals surface area contributed by atoms with E-state index in [2.05, 4.69) is 5.32 Å². The van der Waals surface area contributed by atoms with E-state index in [1.54, 1.807) is 0 Å². The number of hydrogen-bond acceptors (Lipinski definition) is 4. The highest BCUT2D eigenvalue weighted by atomic mass is 19.4. The number of hydrogen-bond donors (Lipinski definition) is 2. The van der Waals surface area contributed by atoms with Gasteiger partial charge in [0.15, 0.2) is 5.71 Å². The molecule has 0 unspecified atom stereocenters. The molecule has 1 fully saturated rings. The first-order valence-electron chi connectivity index (χ1n) is 8.91. The van der Waals surface area contributed by atoms with Crippen LogP contribution in [0.5, 0.6) is 11.5 Å². The lowest BCUT2D eigenvalue weighted by Crippen LogP contribution is -2.50. The van der Waals surface area contributed by atoms with Crippen molar-refractivity contribution in [3.8, 4) is 11.5 Å². The van der Waals surface area contributed by atoms with E-state index in [9.17, 15) is 22.8 Å². The van der Waals surface area contributed by atoms with Crippen LogP contribution in [0, 0.1) is 5.41 Å². The van der Waals surface area contributed by atoms with Crippen LogP contribution in [-0.4, -0.2) is 53.5 Å². The smallest absolute Gasteiger partial charge is 0.433 e. The van der Waals surface area contributed by atoms with Gasteiger partial charge < -0.3 is 15.2 Å². The molecule has 10 heteroatoms. The van der Waals surface area contributed by atoms with Gasteiger partial charge in [-0.1, -0.05) is 13.3 Å². The van der Waals surface area contributed by atoms with Gasteiger partial charge in [0.25, 0.3) is 5.75 Å². The van der Waals surface area contributed by atoms with E-state index in [-0.39, 0.29) is 37.0 Å². The Hall–Kier alpha value is -2.78. The van der Waals surface area contributed by atoms with Crippen LogP contribution in [-0.2, 0) is 11.2 Å². The van der Waals surface area contributed by atoms with Crippen molar-refractivity contribution >= 4 is 17.6 Å². The maximum absolute atomic E-state index is 12.8. The lowest BCUT2D eigenvalue weighted by Gasteiger charge is -2.25. The minimum Gasteiger partial charge on any atom is -0.593 e. The Balaban J connectivity index is 2.06. The molecule has 1 aromatic carbocycles. The fourth-order valence-electron chi connectivity index (χ4n) is 2.87. The predicted octanol–water partition coefficient (Wildman–Crippen LogP) is 2.72. The van der Waals surface area contributed by atoms with Gasteiger partial charge >= 0.3 is 12.2 Å². The van der Waals surface area contributed by atoms with Crippen molar-refractivity contribution in [1.29, 1.82) is 5.41 Å². The molecular formula is C18H23F3N3O4+. The number of rotatable bonds is 8. The lowest BCUT2D eigenvalue weighted by atomic mass is 10.00. The number of alkyl halides is 3.